The van der Waals surface area contributed by atoms with Crippen LogP contribution in [-0.2, 0) is 11.8 Å². The van der Waals surface area contributed by atoms with Crippen LogP contribution in [0, 0.1) is 0 Å². The van der Waals surface area contributed by atoms with Gasteiger partial charge in [0.15, 0.2) is 0 Å². The summed E-state index contributed by atoms with van der Waals surface area (Å²) in [6.07, 6.45) is 5.58. The second-order valence-corrected chi connectivity index (χ2v) is 5.52. The molecular weight excluding hydrogens is 280 g/mol. The van der Waals surface area contributed by atoms with Crippen LogP contribution >= 0.6 is 0 Å². The van der Waals surface area contributed by atoms with E-state index in [9.17, 15) is 0 Å². The fourth-order valence-electron chi connectivity index (χ4n) is 2.46. The van der Waals surface area contributed by atoms with Crippen LogP contribution < -0.4 is 4.90 Å². The molecular formula is C15H22N6O. The van der Waals surface area contributed by atoms with Gasteiger partial charge in [0.25, 0.3) is 0 Å². The molecule has 0 amide bonds. The van der Waals surface area contributed by atoms with Gasteiger partial charge in [-0.25, -0.2) is 9.97 Å². The lowest BCUT2D eigenvalue weighted by Crippen LogP contribution is -2.41. The fraction of sp³-hybridized carbons (Fsp3) is 0.533. The third kappa shape index (κ3) is 3.61. The SMILES string of the molecule is CN(CCN1CCOCC1)c1nccc(-c2cnn(C)c2)n1. The summed E-state index contributed by atoms with van der Waals surface area (Å²) in [5.41, 5.74) is 1.91. The maximum atomic E-state index is 5.37. The lowest BCUT2D eigenvalue weighted by molar-refractivity contribution is 0.0392. The number of hydrogen-bond donors (Lipinski definition) is 0. The van der Waals surface area contributed by atoms with Gasteiger partial charge in [-0.05, 0) is 6.07 Å². The molecule has 0 radical (unpaired) electrons. The molecule has 0 aromatic carbocycles. The Kier molecular flexibility index (Phi) is 4.65. The Hall–Kier alpha value is -1.99. The lowest BCUT2D eigenvalue weighted by Gasteiger charge is -2.28. The maximum absolute atomic E-state index is 5.37. The van der Waals surface area contributed by atoms with Gasteiger partial charge in [0.1, 0.15) is 0 Å². The van der Waals surface area contributed by atoms with Crippen molar-refractivity contribution in [3.63, 3.8) is 0 Å². The van der Waals surface area contributed by atoms with E-state index in [1.165, 1.54) is 0 Å². The van der Waals surface area contributed by atoms with Crippen LogP contribution in [0.15, 0.2) is 24.7 Å². The Morgan fingerprint density at radius 1 is 1.32 bits per heavy atom. The van der Waals surface area contributed by atoms with E-state index in [4.69, 9.17) is 4.74 Å². The Labute approximate surface area is 130 Å². The standard InChI is InChI=1S/C15H22N6O/c1-19(5-6-21-7-9-22-10-8-21)15-16-4-3-14(18-15)13-11-17-20(2)12-13/h3-4,11-12H,5-10H2,1-2H3. The zero-order valence-electron chi connectivity index (χ0n) is 13.1. The molecule has 0 atom stereocenters. The largest absolute Gasteiger partial charge is 0.379 e. The molecule has 3 rings (SSSR count). The summed E-state index contributed by atoms with van der Waals surface area (Å²) in [7, 11) is 3.93. The van der Waals surface area contributed by atoms with Crippen LogP contribution in [0.25, 0.3) is 11.3 Å². The second kappa shape index (κ2) is 6.85. The number of likely N-dealkylation sites (N-methyl/N-ethyl adjacent to an activating group) is 1. The van der Waals surface area contributed by atoms with Gasteiger partial charge in [-0.2, -0.15) is 5.10 Å². The van der Waals surface area contributed by atoms with Crippen molar-refractivity contribution >= 4 is 5.95 Å². The van der Waals surface area contributed by atoms with Crippen molar-refractivity contribution in [2.24, 2.45) is 7.05 Å². The topological polar surface area (TPSA) is 59.3 Å². The molecule has 7 heteroatoms. The monoisotopic (exact) mass is 302 g/mol. The Bertz CT molecular complexity index is 608. The molecule has 0 N–H and O–H groups in total. The van der Waals surface area contributed by atoms with Crippen molar-refractivity contribution in [2.75, 3.05) is 51.3 Å². The zero-order valence-corrected chi connectivity index (χ0v) is 13.1. The molecule has 7 nitrogen and oxygen atoms in total. The van der Waals surface area contributed by atoms with E-state index in [-0.39, 0.29) is 0 Å². The third-order valence-electron chi connectivity index (χ3n) is 3.84. The van der Waals surface area contributed by atoms with Crippen molar-refractivity contribution < 1.29 is 4.74 Å². The van der Waals surface area contributed by atoms with Crippen molar-refractivity contribution in [2.45, 2.75) is 0 Å². The summed E-state index contributed by atoms with van der Waals surface area (Å²) in [5, 5.41) is 4.19. The van der Waals surface area contributed by atoms with Crippen LogP contribution in [0.3, 0.4) is 0 Å². The molecule has 0 bridgehead atoms. The second-order valence-electron chi connectivity index (χ2n) is 5.52. The highest BCUT2D eigenvalue weighted by Gasteiger charge is 2.12. The average Bonchev–Trinajstić information content (AvgIpc) is 3.00. The molecule has 0 aliphatic carbocycles. The molecule has 3 heterocycles. The summed E-state index contributed by atoms with van der Waals surface area (Å²) in [6, 6.07) is 1.91. The van der Waals surface area contributed by atoms with Crippen molar-refractivity contribution in [1.29, 1.82) is 0 Å². The van der Waals surface area contributed by atoms with Crippen LogP contribution in [0.4, 0.5) is 5.95 Å². The quantitative estimate of drug-likeness (QED) is 0.808. The summed E-state index contributed by atoms with van der Waals surface area (Å²) in [5.74, 6) is 0.745. The van der Waals surface area contributed by atoms with E-state index in [0.717, 1.165) is 56.6 Å². The number of hydrogen-bond acceptors (Lipinski definition) is 6. The van der Waals surface area contributed by atoms with E-state index in [1.807, 2.05) is 32.6 Å². The van der Waals surface area contributed by atoms with Gasteiger partial charge in [-0.3, -0.25) is 9.58 Å². The predicted molar refractivity (Wildman–Crippen MR) is 84.8 cm³/mol. The molecule has 0 saturated carbocycles. The molecule has 2 aromatic rings. The molecule has 1 aliphatic rings. The Morgan fingerprint density at radius 3 is 2.86 bits per heavy atom. The molecule has 1 aliphatic heterocycles. The number of aromatic nitrogens is 4. The van der Waals surface area contributed by atoms with Crippen molar-refractivity contribution in [1.82, 2.24) is 24.6 Å². The van der Waals surface area contributed by atoms with Crippen molar-refractivity contribution in [3.05, 3.63) is 24.7 Å². The first-order chi connectivity index (χ1) is 10.7. The highest BCUT2D eigenvalue weighted by Crippen LogP contribution is 2.17. The van der Waals surface area contributed by atoms with Gasteiger partial charge < -0.3 is 9.64 Å². The molecule has 0 unspecified atom stereocenters. The Balaban J connectivity index is 1.63. The molecule has 22 heavy (non-hydrogen) atoms. The van der Waals surface area contributed by atoms with E-state index in [2.05, 4.69) is 24.9 Å². The van der Waals surface area contributed by atoms with Crippen LogP contribution in [-0.4, -0.2) is 71.1 Å². The van der Waals surface area contributed by atoms with Gasteiger partial charge in [0.2, 0.25) is 5.95 Å². The molecule has 1 saturated heterocycles. The highest BCUT2D eigenvalue weighted by molar-refractivity contribution is 5.58. The number of ether oxygens (including phenoxy) is 1. The van der Waals surface area contributed by atoms with E-state index in [0.29, 0.717) is 0 Å². The van der Waals surface area contributed by atoms with Crippen LogP contribution in [0.1, 0.15) is 0 Å². The zero-order chi connectivity index (χ0) is 15.4. The number of morpholine rings is 1. The summed E-state index contributed by atoms with van der Waals surface area (Å²) >= 11 is 0. The fourth-order valence-corrected chi connectivity index (χ4v) is 2.46. The smallest absolute Gasteiger partial charge is 0.225 e. The molecule has 118 valence electrons. The van der Waals surface area contributed by atoms with Gasteiger partial charge in [-0.15, -0.1) is 0 Å². The van der Waals surface area contributed by atoms with E-state index < -0.39 is 0 Å². The number of nitrogens with zero attached hydrogens (tertiary/aromatic N) is 6. The van der Waals surface area contributed by atoms with Gasteiger partial charge in [0.05, 0.1) is 25.1 Å². The summed E-state index contributed by atoms with van der Waals surface area (Å²) < 4.78 is 7.15. The Morgan fingerprint density at radius 2 is 2.14 bits per heavy atom. The first-order valence-corrected chi connectivity index (χ1v) is 7.56. The number of rotatable bonds is 5. The third-order valence-corrected chi connectivity index (χ3v) is 3.84. The normalized spacial score (nSPS) is 15.9. The van der Waals surface area contributed by atoms with E-state index in [1.54, 1.807) is 10.9 Å². The lowest BCUT2D eigenvalue weighted by atomic mass is 10.2. The average molecular weight is 302 g/mol. The van der Waals surface area contributed by atoms with Crippen LogP contribution in [0.5, 0.6) is 0 Å². The van der Waals surface area contributed by atoms with Gasteiger partial charge in [-0.1, -0.05) is 0 Å². The number of aryl methyl sites for hydroxylation is 1. The van der Waals surface area contributed by atoms with Crippen molar-refractivity contribution in [3.8, 4) is 11.3 Å². The first kappa shape index (κ1) is 14.9. The molecule has 1 fully saturated rings. The first-order valence-electron chi connectivity index (χ1n) is 7.56. The molecule has 0 spiro atoms. The van der Waals surface area contributed by atoms with Gasteiger partial charge >= 0.3 is 0 Å². The highest BCUT2D eigenvalue weighted by atomic mass is 16.5. The predicted octanol–water partition coefficient (Wildman–Crippen LogP) is 0.645. The van der Waals surface area contributed by atoms with Gasteiger partial charge in [0, 0.05) is 58.2 Å². The van der Waals surface area contributed by atoms with E-state index >= 15 is 0 Å². The molecule has 2 aromatic heterocycles. The minimum atomic E-state index is 0.745. The minimum absolute atomic E-state index is 0.745. The maximum Gasteiger partial charge on any atom is 0.225 e. The summed E-state index contributed by atoms with van der Waals surface area (Å²) in [4.78, 5) is 13.5. The summed E-state index contributed by atoms with van der Waals surface area (Å²) in [6.45, 7) is 5.57. The van der Waals surface area contributed by atoms with Crippen LogP contribution in [0.2, 0.25) is 0 Å². The minimum Gasteiger partial charge on any atom is -0.379 e. The number of anilines is 1.